The predicted octanol–water partition coefficient (Wildman–Crippen LogP) is 4.44. The maximum absolute atomic E-state index is 13.9. The molecular weight excluding hydrogens is 599 g/mol. The van der Waals surface area contributed by atoms with E-state index >= 15 is 0 Å². The Balaban J connectivity index is 1.40. The van der Waals surface area contributed by atoms with Gasteiger partial charge in [0.25, 0.3) is 0 Å². The molecule has 10 nitrogen and oxygen atoms in total. The first kappa shape index (κ1) is 33.5. The monoisotopic (exact) mass is 641 g/mol. The number of para-hydroxylation sites is 1. The van der Waals surface area contributed by atoms with Crippen molar-refractivity contribution in [1.82, 2.24) is 19.8 Å². The Morgan fingerprint density at radius 2 is 1.98 bits per heavy atom. The van der Waals surface area contributed by atoms with Crippen LogP contribution in [0, 0.1) is 11.3 Å². The molecule has 2 saturated heterocycles. The van der Waals surface area contributed by atoms with E-state index in [4.69, 9.17) is 19.4 Å². The Kier molecular flexibility index (Phi) is 10.7. The molecule has 3 aliphatic heterocycles. The third-order valence-corrected chi connectivity index (χ3v) is 9.01. The third-order valence-electron chi connectivity index (χ3n) is 9.01. The predicted molar refractivity (Wildman–Crippen MR) is 168 cm³/mol. The summed E-state index contributed by atoms with van der Waals surface area (Å²) in [6.45, 7) is 12.3. The largest absolute Gasteiger partial charge is 0.463 e. The van der Waals surface area contributed by atoms with Crippen molar-refractivity contribution < 1.29 is 27.4 Å². The van der Waals surface area contributed by atoms with Crippen LogP contribution in [0.3, 0.4) is 0 Å². The average Bonchev–Trinajstić information content (AvgIpc) is 3.05. The summed E-state index contributed by atoms with van der Waals surface area (Å²) in [7, 11) is 0. The SMILES string of the molecule is C=CC(=O)N1CCN(c2nc(OCCCN3C[C@@H](C)OC[C@H]3CC)nc3c2CCN(c2ccccc2C(F)(F)F)C3)CC1CC#N. The number of nitrogens with zero attached hydrogens (tertiary/aromatic N) is 7. The highest BCUT2D eigenvalue weighted by atomic mass is 19.4. The number of carbonyl (C=O) groups is 1. The average molecular weight is 642 g/mol. The van der Waals surface area contributed by atoms with E-state index in [1.807, 2.05) is 4.90 Å². The zero-order chi connectivity index (χ0) is 32.8. The van der Waals surface area contributed by atoms with Crippen LogP contribution in [0.25, 0.3) is 0 Å². The van der Waals surface area contributed by atoms with Crippen LogP contribution in [0.15, 0.2) is 36.9 Å². The normalized spacial score (nSPS) is 22.3. The highest BCUT2D eigenvalue weighted by Crippen LogP contribution is 2.39. The number of hydrogen-bond acceptors (Lipinski definition) is 9. The quantitative estimate of drug-likeness (QED) is 0.276. The molecular formula is C33H42F3N7O3. The number of fused-ring (bicyclic) bond motifs is 1. The summed E-state index contributed by atoms with van der Waals surface area (Å²) >= 11 is 0. The number of rotatable bonds is 10. The molecule has 0 spiro atoms. The molecule has 0 radical (unpaired) electrons. The van der Waals surface area contributed by atoms with Crippen molar-refractivity contribution in [2.24, 2.45) is 0 Å². The van der Waals surface area contributed by atoms with Gasteiger partial charge in [-0.25, -0.2) is 0 Å². The minimum atomic E-state index is -4.49. The first-order chi connectivity index (χ1) is 22.1. The molecule has 46 heavy (non-hydrogen) atoms. The zero-order valence-corrected chi connectivity index (χ0v) is 26.5. The summed E-state index contributed by atoms with van der Waals surface area (Å²) < 4.78 is 53.7. The van der Waals surface area contributed by atoms with Crippen LogP contribution in [0.4, 0.5) is 24.7 Å². The lowest BCUT2D eigenvalue weighted by atomic mass is 10.0. The van der Waals surface area contributed by atoms with Gasteiger partial charge in [0.1, 0.15) is 5.82 Å². The number of aromatic nitrogens is 2. The molecule has 2 aromatic rings. The van der Waals surface area contributed by atoms with Crippen molar-refractivity contribution in [2.45, 2.75) is 70.4 Å². The van der Waals surface area contributed by atoms with Gasteiger partial charge in [-0.2, -0.15) is 28.4 Å². The number of alkyl halides is 3. The van der Waals surface area contributed by atoms with E-state index in [1.165, 1.54) is 18.2 Å². The molecule has 1 unspecified atom stereocenters. The van der Waals surface area contributed by atoms with Crippen LogP contribution in [0.5, 0.6) is 6.01 Å². The van der Waals surface area contributed by atoms with E-state index in [2.05, 4.69) is 31.4 Å². The first-order valence-corrected chi connectivity index (χ1v) is 16.0. The molecule has 0 bridgehead atoms. The molecule has 0 N–H and O–H groups in total. The fourth-order valence-electron chi connectivity index (χ4n) is 6.64. The van der Waals surface area contributed by atoms with Crippen LogP contribution in [0.2, 0.25) is 0 Å². The lowest BCUT2D eigenvalue weighted by molar-refractivity contribution is -0.137. The molecule has 3 atom stereocenters. The van der Waals surface area contributed by atoms with Crippen LogP contribution in [-0.2, 0) is 28.7 Å². The van der Waals surface area contributed by atoms with Crippen molar-refractivity contribution >= 4 is 17.4 Å². The Morgan fingerprint density at radius 3 is 2.72 bits per heavy atom. The number of nitriles is 1. The molecule has 1 amide bonds. The number of ether oxygens (including phenoxy) is 2. The van der Waals surface area contributed by atoms with Crippen molar-refractivity contribution in [3.63, 3.8) is 0 Å². The van der Waals surface area contributed by atoms with E-state index in [0.717, 1.165) is 37.6 Å². The molecule has 5 rings (SSSR count). The molecule has 0 aliphatic carbocycles. The number of anilines is 2. The minimum Gasteiger partial charge on any atom is -0.463 e. The number of amides is 1. The number of carbonyl (C=O) groups excluding carboxylic acids is 1. The fraction of sp³-hybridized carbons (Fsp3) is 0.576. The summed E-state index contributed by atoms with van der Waals surface area (Å²) in [5.74, 6) is 0.415. The highest BCUT2D eigenvalue weighted by Gasteiger charge is 2.37. The maximum Gasteiger partial charge on any atom is 0.418 e. The molecule has 13 heteroatoms. The van der Waals surface area contributed by atoms with Gasteiger partial charge in [0.05, 0.1) is 55.7 Å². The lowest BCUT2D eigenvalue weighted by Crippen LogP contribution is -2.55. The van der Waals surface area contributed by atoms with Crippen molar-refractivity contribution in [3.8, 4) is 12.1 Å². The van der Waals surface area contributed by atoms with Crippen molar-refractivity contribution in [2.75, 3.05) is 62.3 Å². The molecule has 1 aromatic heterocycles. The van der Waals surface area contributed by atoms with E-state index in [-0.39, 0.29) is 42.7 Å². The summed E-state index contributed by atoms with van der Waals surface area (Å²) in [5, 5.41) is 9.49. The number of morpholine rings is 1. The Bertz CT molecular complexity index is 1430. The second kappa shape index (κ2) is 14.7. The van der Waals surface area contributed by atoms with Gasteiger partial charge in [-0.3, -0.25) is 9.69 Å². The maximum atomic E-state index is 13.9. The summed E-state index contributed by atoms with van der Waals surface area (Å²) in [6.07, 6.45) is -0.740. The van der Waals surface area contributed by atoms with Gasteiger partial charge in [0, 0.05) is 56.6 Å². The van der Waals surface area contributed by atoms with Crippen molar-refractivity contribution in [3.05, 3.63) is 53.7 Å². The number of benzene rings is 1. The highest BCUT2D eigenvalue weighted by molar-refractivity contribution is 5.87. The van der Waals surface area contributed by atoms with Crippen molar-refractivity contribution in [1.29, 1.82) is 5.26 Å². The number of hydrogen-bond donors (Lipinski definition) is 0. The van der Waals surface area contributed by atoms with Gasteiger partial charge in [0.15, 0.2) is 0 Å². The lowest BCUT2D eigenvalue weighted by Gasteiger charge is -2.42. The van der Waals surface area contributed by atoms with Gasteiger partial charge in [-0.05, 0) is 44.4 Å². The first-order valence-electron chi connectivity index (χ1n) is 16.0. The van der Waals surface area contributed by atoms with Crippen LogP contribution >= 0.6 is 0 Å². The van der Waals surface area contributed by atoms with Gasteiger partial charge >= 0.3 is 12.2 Å². The topological polar surface area (TPSA) is 98.1 Å². The summed E-state index contributed by atoms with van der Waals surface area (Å²) in [6, 6.07) is 7.95. The molecule has 1 aromatic carbocycles. The summed E-state index contributed by atoms with van der Waals surface area (Å²) in [5.41, 5.74) is 0.881. The minimum absolute atomic E-state index is 0.110. The fourth-order valence-corrected chi connectivity index (χ4v) is 6.64. The molecule has 4 heterocycles. The molecule has 2 fully saturated rings. The van der Waals surface area contributed by atoms with Crippen LogP contribution in [-0.4, -0.2) is 96.3 Å². The zero-order valence-electron chi connectivity index (χ0n) is 26.5. The Morgan fingerprint density at radius 1 is 1.17 bits per heavy atom. The standard InChI is InChI=1S/C33H42F3N7O3/c1-4-24-22-46-23(3)19-40(24)14-8-18-45-32-38-28-21-41(29-10-7-6-9-27(29)33(34,35)36)15-12-26(28)31(39-32)42-16-17-43(30(44)5-2)25(20-42)11-13-37/h5-7,9-10,23-25H,2,4,8,11-12,14-22H2,1,3H3/t23-,24-,25?/m1/s1. The van der Waals surface area contributed by atoms with E-state index in [1.54, 1.807) is 15.9 Å². The number of piperazine rings is 1. The van der Waals surface area contributed by atoms with Crippen LogP contribution in [0.1, 0.15) is 49.9 Å². The van der Waals surface area contributed by atoms with Gasteiger partial charge in [-0.1, -0.05) is 25.6 Å². The third kappa shape index (κ3) is 7.56. The second-order valence-corrected chi connectivity index (χ2v) is 12.0. The molecule has 0 saturated carbocycles. The van der Waals surface area contributed by atoms with Gasteiger partial charge in [0.2, 0.25) is 5.91 Å². The smallest absolute Gasteiger partial charge is 0.418 e. The molecule has 248 valence electrons. The second-order valence-electron chi connectivity index (χ2n) is 12.0. The number of halogens is 3. The van der Waals surface area contributed by atoms with E-state index in [9.17, 15) is 23.2 Å². The molecule has 3 aliphatic rings. The Labute approximate surface area is 268 Å². The van der Waals surface area contributed by atoms with E-state index < -0.39 is 11.7 Å². The van der Waals surface area contributed by atoms with Crippen LogP contribution < -0.4 is 14.5 Å². The van der Waals surface area contributed by atoms with Gasteiger partial charge in [-0.15, -0.1) is 0 Å². The van der Waals surface area contributed by atoms with Gasteiger partial charge < -0.3 is 24.2 Å². The van der Waals surface area contributed by atoms with E-state index in [0.29, 0.717) is 63.4 Å². The summed E-state index contributed by atoms with van der Waals surface area (Å²) in [4.78, 5) is 29.9. The Hall–Kier alpha value is -3.89.